The van der Waals surface area contributed by atoms with Gasteiger partial charge in [-0.25, -0.2) is 13.1 Å². The standard InChI is InChI=1S/C8H18N2O3S/c9-4-2-6-14(11,12)10-8-3-1-5-13-7-8/h8,10H,1-7,9H2. The van der Waals surface area contributed by atoms with Gasteiger partial charge in [0, 0.05) is 12.6 Å². The molecule has 0 radical (unpaired) electrons. The van der Waals surface area contributed by atoms with Crippen molar-refractivity contribution in [2.75, 3.05) is 25.5 Å². The first kappa shape index (κ1) is 11.9. The molecule has 5 nitrogen and oxygen atoms in total. The summed E-state index contributed by atoms with van der Waals surface area (Å²) in [7, 11) is -3.15. The van der Waals surface area contributed by atoms with Crippen LogP contribution in [0.25, 0.3) is 0 Å². The summed E-state index contributed by atoms with van der Waals surface area (Å²) in [5.41, 5.74) is 5.25. The Morgan fingerprint density at radius 1 is 1.50 bits per heavy atom. The molecular weight excluding hydrogens is 204 g/mol. The Hall–Kier alpha value is -0.170. The summed E-state index contributed by atoms with van der Waals surface area (Å²) in [6.07, 6.45) is 2.29. The molecule has 0 amide bonds. The Kier molecular flexibility index (Phi) is 4.80. The smallest absolute Gasteiger partial charge is 0.211 e. The maximum atomic E-state index is 11.4. The monoisotopic (exact) mass is 222 g/mol. The lowest BCUT2D eigenvalue weighted by atomic mass is 10.1. The topological polar surface area (TPSA) is 81.4 Å². The highest BCUT2D eigenvalue weighted by atomic mass is 32.2. The molecule has 1 aliphatic heterocycles. The summed E-state index contributed by atoms with van der Waals surface area (Å²) in [4.78, 5) is 0. The van der Waals surface area contributed by atoms with Crippen molar-refractivity contribution < 1.29 is 13.2 Å². The van der Waals surface area contributed by atoms with E-state index in [4.69, 9.17) is 10.5 Å². The second kappa shape index (κ2) is 5.65. The average Bonchev–Trinajstić information content (AvgIpc) is 2.16. The second-order valence-electron chi connectivity index (χ2n) is 3.49. The van der Waals surface area contributed by atoms with Crippen LogP contribution in [-0.2, 0) is 14.8 Å². The molecule has 0 aliphatic carbocycles. The third kappa shape index (κ3) is 4.36. The minimum atomic E-state index is -3.15. The van der Waals surface area contributed by atoms with Crippen LogP contribution in [0, 0.1) is 0 Å². The third-order valence-corrected chi connectivity index (χ3v) is 3.64. The van der Waals surface area contributed by atoms with E-state index in [-0.39, 0.29) is 11.8 Å². The molecule has 1 atom stereocenters. The lowest BCUT2D eigenvalue weighted by Gasteiger charge is -2.22. The third-order valence-electron chi connectivity index (χ3n) is 2.12. The first-order valence-electron chi connectivity index (χ1n) is 4.92. The quantitative estimate of drug-likeness (QED) is 0.653. The Morgan fingerprint density at radius 3 is 2.86 bits per heavy atom. The molecule has 0 spiro atoms. The van der Waals surface area contributed by atoms with Crippen molar-refractivity contribution in [1.29, 1.82) is 0 Å². The maximum Gasteiger partial charge on any atom is 0.211 e. The molecule has 1 fully saturated rings. The van der Waals surface area contributed by atoms with Crippen LogP contribution in [0.15, 0.2) is 0 Å². The molecular formula is C8H18N2O3S. The van der Waals surface area contributed by atoms with Gasteiger partial charge in [0.1, 0.15) is 0 Å². The number of hydrogen-bond acceptors (Lipinski definition) is 4. The first-order chi connectivity index (χ1) is 6.64. The minimum Gasteiger partial charge on any atom is -0.380 e. The van der Waals surface area contributed by atoms with Gasteiger partial charge in [-0.05, 0) is 25.8 Å². The SMILES string of the molecule is NCCCS(=O)(=O)NC1CCCOC1. The Bertz CT molecular complexity index is 247. The van der Waals surface area contributed by atoms with Gasteiger partial charge in [-0.3, -0.25) is 0 Å². The molecule has 0 bridgehead atoms. The summed E-state index contributed by atoms with van der Waals surface area (Å²) in [6, 6.07) is -0.0495. The highest BCUT2D eigenvalue weighted by Gasteiger charge is 2.19. The van der Waals surface area contributed by atoms with E-state index in [0.29, 0.717) is 19.6 Å². The fourth-order valence-corrected chi connectivity index (χ4v) is 2.78. The first-order valence-corrected chi connectivity index (χ1v) is 6.57. The van der Waals surface area contributed by atoms with Crippen molar-refractivity contribution in [3.63, 3.8) is 0 Å². The molecule has 1 aliphatic rings. The van der Waals surface area contributed by atoms with Crippen LogP contribution in [0.3, 0.4) is 0 Å². The molecule has 0 aromatic heterocycles. The van der Waals surface area contributed by atoms with Gasteiger partial charge in [0.05, 0.1) is 12.4 Å². The fraction of sp³-hybridized carbons (Fsp3) is 1.00. The molecule has 0 saturated carbocycles. The molecule has 6 heteroatoms. The molecule has 0 aromatic carbocycles. The van der Waals surface area contributed by atoms with Crippen LogP contribution in [0.1, 0.15) is 19.3 Å². The molecule has 1 saturated heterocycles. The maximum absolute atomic E-state index is 11.4. The van der Waals surface area contributed by atoms with Gasteiger partial charge in [-0.2, -0.15) is 0 Å². The number of sulfonamides is 1. The molecule has 1 unspecified atom stereocenters. The summed E-state index contributed by atoms with van der Waals surface area (Å²) in [5, 5.41) is 0. The number of hydrogen-bond donors (Lipinski definition) is 2. The number of rotatable bonds is 5. The van der Waals surface area contributed by atoms with Crippen molar-refractivity contribution >= 4 is 10.0 Å². The van der Waals surface area contributed by atoms with Crippen LogP contribution in [0.2, 0.25) is 0 Å². The summed E-state index contributed by atoms with van der Waals surface area (Å²) < 4.78 is 30.7. The van der Waals surface area contributed by atoms with E-state index >= 15 is 0 Å². The zero-order chi connectivity index (χ0) is 10.4. The molecule has 0 aromatic rings. The van der Waals surface area contributed by atoms with Crippen molar-refractivity contribution in [2.45, 2.75) is 25.3 Å². The van der Waals surface area contributed by atoms with Gasteiger partial charge >= 0.3 is 0 Å². The Labute approximate surface area is 85.1 Å². The second-order valence-corrected chi connectivity index (χ2v) is 5.37. The van der Waals surface area contributed by atoms with Crippen LogP contribution in [-0.4, -0.2) is 40.0 Å². The summed E-state index contributed by atoms with van der Waals surface area (Å²) >= 11 is 0. The van der Waals surface area contributed by atoms with Crippen molar-refractivity contribution in [3.8, 4) is 0 Å². The van der Waals surface area contributed by atoms with E-state index < -0.39 is 10.0 Å². The molecule has 84 valence electrons. The van der Waals surface area contributed by atoms with Gasteiger partial charge in [0.2, 0.25) is 10.0 Å². The van der Waals surface area contributed by atoms with E-state index in [1.807, 2.05) is 0 Å². The highest BCUT2D eigenvalue weighted by molar-refractivity contribution is 7.89. The number of ether oxygens (including phenoxy) is 1. The van der Waals surface area contributed by atoms with E-state index in [9.17, 15) is 8.42 Å². The van der Waals surface area contributed by atoms with Crippen LogP contribution in [0.5, 0.6) is 0 Å². The van der Waals surface area contributed by atoms with Crippen LogP contribution < -0.4 is 10.5 Å². The van der Waals surface area contributed by atoms with Crippen molar-refractivity contribution in [2.24, 2.45) is 5.73 Å². The summed E-state index contributed by atoms with van der Waals surface area (Å²) in [6.45, 7) is 1.63. The molecule has 1 heterocycles. The molecule has 14 heavy (non-hydrogen) atoms. The number of nitrogens with two attached hydrogens (primary N) is 1. The van der Waals surface area contributed by atoms with E-state index in [1.165, 1.54) is 0 Å². The number of nitrogens with one attached hydrogen (secondary N) is 1. The van der Waals surface area contributed by atoms with Crippen molar-refractivity contribution in [3.05, 3.63) is 0 Å². The average molecular weight is 222 g/mol. The van der Waals surface area contributed by atoms with Gasteiger partial charge in [0.15, 0.2) is 0 Å². The lowest BCUT2D eigenvalue weighted by molar-refractivity contribution is 0.0774. The molecule has 1 rings (SSSR count). The molecule has 3 N–H and O–H groups in total. The van der Waals surface area contributed by atoms with Gasteiger partial charge in [0.25, 0.3) is 0 Å². The van der Waals surface area contributed by atoms with E-state index in [2.05, 4.69) is 4.72 Å². The van der Waals surface area contributed by atoms with Gasteiger partial charge < -0.3 is 10.5 Å². The predicted octanol–water partition coefficient (Wildman–Crippen LogP) is -0.566. The van der Waals surface area contributed by atoms with Gasteiger partial charge in [-0.1, -0.05) is 0 Å². The van der Waals surface area contributed by atoms with Crippen LogP contribution in [0.4, 0.5) is 0 Å². The van der Waals surface area contributed by atoms with Crippen LogP contribution >= 0.6 is 0 Å². The lowest BCUT2D eigenvalue weighted by Crippen LogP contribution is -2.41. The zero-order valence-electron chi connectivity index (χ0n) is 8.24. The fourth-order valence-electron chi connectivity index (χ4n) is 1.42. The normalized spacial score (nSPS) is 23.6. The Balaban J connectivity index is 2.33. The zero-order valence-corrected chi connectivity index (χ0v) is 9.05. The summed E-state index contributed by atoms with van der Waals surface area (Å²) in [5.74, 6) is 0.111. The largest absolute Gasteiger partial charge is 0.380 e. The minimum absolute atomic E-state index is 0.0495. The van der Waals surface area contributed by atoms with Crippen molar-refractivity contribution in [1.82, 2.24) is 4.72 Å². The van der Waals surface area contributed by atoms with E-state index in [0.717, 1.165) is 19.4 Å². The highest BCUT2D eigenvalue weighted by Crippen LogP contribution is 2.07. The van der Waals surface area contributed by atoms with E-state index in [1.54, 1.807) is 0 Å². The van der Waals surface area contributed by atoms with Gasteiger partial charge in [-0.15, -0.1) is 0 Å². The Morgan fingerprint density at radius 2 is 2.29 bits per heavy atom. The predicted molar refractivity (Wildman–Crippen MR) is 54.4 cm³/mol.